The highest BCUT2D eigenvalue weighted by atomic mass is 32.2. The number of carbonyl (C=O) groups is 2. The fourth-order valence-electron chi connectivity index (χ4n) is 3.39. The third-order valence-corrected chi connectivity index (χ3v) is 6.32. The first-order chi connectivity index (χ1) is 18.3. The van der Waals surface area contributed by atoms with Crippen molar-refractivity contribution in [3.8, 4) is 11.5 Å². The fourth-order valence-corrected chi connectivity index (χ4v) is 4.31. The molecular weight excluding hydrogens is 557 g/mol. The number of thioether (sulfide) groups is 1. The van der Waals surface area contributed by atoms with Gasteiger partial charge in [-0.1, -0.05) is 12.1 Å². The summed E-state index contributed by atoms with van der Waals surface area (Å²) in [7, 11) is 2.75. The average molecular weight is 576 g/mol. The lowest BCUT2D eigenvalue weighted by molar-refractivity contribution is -0.143. The van der Waals surface area contributed by atoms with E-state index in [2.05, 4.69) is 5.32 Å². The van der Waals surface area contributed by atoms with Crippen LogP contribution in [0.5, 0.6) is 11.5 Å². The van der Waals surface area contributed by atoms with Crippen molar-refractivity contribution in [2.45, 2.75) is 23.2 Å². The number of benzene rings is 3. The van der Waals surface area contributed by atoms with Crippen molar-refractivity contribution < 1.29 is 49.8 Å². The largest absolute Gasteiger partial charge is 0.496 e. The van der Waals surface area contributed by atoms with Crippen LogP contribution in [0.15, 0.2) is 47.4 Å². The number of methoxy groups -OCH3 is 2. The van der Waals surface area contributed by atoms with E-state index in [1.165, 1.54) is 45.4 Å². The summed E-state index contributed by atoms with van der Waals surface area (Å²) in [6.07, 6.45) is -5.71. The predicted octanol–water partition coefficient (Wildman–Crippen LogP) is 6.65. The summed E-state index contributed by atoms with van der Waals surface area (Å²) >= 11 is 0.826. The van der Waals surface area contributed by atoms with E-state index >= 15 is 0 Å². The Labute approximate surface area is 221 Å². The molecule has 3 aromatic rings. The number of nitrogens with one attached hydrogen (secondary N) is 2. The molecule has 0 bridgehead atoms. The molecule has 0 fully saturated rings. The topological polar surface area (TPSA) is 76.7 Å². The standard InChI is InChI=1S/C25H19F7N2O4S/c1-11(23(35)34-22-20(28)18(26)17(25(30,31)32)19(27)21(22)29)39-13-7-4-6-12(10-13)33-24(36)16-14(37-2)8-5-9-15(16)38-3/h4-11H,1-3H3,(H,33,36)(H,34,35). The Morgan fingerprint density at radius 3 is 1.90 bits per heavy atom. The molecule has 0 spiro atoms. The van der Waals surface area contributed by atoms with Crippen LogP contribution < -0.4 is 20.1 Å². The Bertz CT molecular complexity index is 1360. The van der Waals surface area contributed by atoms with Crippen molar-refractivity contribution >= 4 is 35.0 Å². The summed E-state index contributed by atoms with van der Waals surface area (Å²) in [6, 6.07) is 10.8. The number of anilines is 2. The average Bonchev–Trinajstić information content (AvgIpc) is 2.88. The molecule has 0 aliphatic rings. The highest BCUT2D eigenvalue weighted by Crippen LogP contribution is 2.39. The van der Waals surface area contributed by atoms with Crippen LogP contribution in [0.2, 0.25) is 0 Å². The maximum atomic E-state index is 14.1. The number of halogens is 7. The number of hydrogen-bond acceptors (Lipinski definition) is 5. The van der Waals surface area contributed by atoms with Gasteiger partial charge < -0.3 is 20.1 Å². The Hall–Kier alpha value is -3.94. The Morgan fingerprint density at radius 1 is 0.846 bits per heavy atom. The highest BCUT2D eigenvalue weighted by Gasteiger charge is 2.42. The lowest BCUT2D eigenvalue weighted by atomic mass is 10.1. The zero-order valence-electron chi connectivity index (χ0n) is 20.3. The second kappa shape index (κ2) is 11.8. The SMILES string of the molecule is COc1cccc(OC)c1C(=O)Nc1cccc(SC(C)C(=O)Nc2c(F)c(F)c(C(F)(F)F)c(F)c2F)c1. The molecular formula is C25H19F7N2O4S. The van der Waals surface area contributed by atoms with Crippen molar-refractivity contribution in [1.29, 1.82) is 0 Å². The van der Waals surface area contributed by atoms with E-state index in [1.54, 1.807) is 23.5 Å². The number of amides is 2. The van der Waals surface area contributed by atoms with Gasteiger partial charge in [-0.25, -0.2) is 17.6 Å². The number of rotatable bonds is 8. The van der Waals surface area contributed by atoms with Gasteiger partial charge in [-0.15, -0.1) is 11.8 Å². The van der Waals surface area contributed by atoms with E-state index in [-0.39, 0.29) is 22.7 Å². The fraction of sp³-hybridized carbons (Fsp3) is 0.200. The quantitative estimate of drug-likeness (QED) is 0.178. The van der Waals surface area contributed by atoms with Crippen LogP contribution in [0.25, 0.3) is 0 Å². The van der Waals surface area contributed by atoms with E-state index in [0.717, 1.165) is 11.8 Å². The maximum Gasteiger partial charge on any atom is 0.422 e. The molecule has 208 valence electrons. The molecule has 0 aromatic heterocycles. The molecule has 0 aliphatic heterocycles. The molecule has 0 saturated heterocycles. The van der Waals surface area contributed by atoms with Gasteiger partial charge in [-0.3, -0.25) is 9.59 Å². The van der Waals surface area contributed by atoms with Crippen LogP contribution in [0.1, 0.15) is 22.8 Å². The zero-order chi connectivity index (χ0) is 29.1. The van der Waals surface area contributed by atoms with Crippen LogP contribution in [-0.4, -0.2) is 31.3 Å². The highest BCUT2D eigenvalue weighted by molar-refractivity contribution is 8.00. The summed E-state index contributed by atoms with van der Waals surface area (Å²) in [5.41, 5.74) is -4.03. The first-order valence-electron chi connectivity index (χ1n) is 10.8. The number of hydrogen-bond donors (Lipinski definition) is 2. The summed E-state index contributed by atoms with van der Waals surface area (Å²) in [4.78, 5) is 25.7. The zero-order valence-corrected chi connectivity index (χ0v) is 21.1. The van der Waals surface area contributed by atoms with Crippen molar-refractivity contribution in [2.75, 3.05) is 24.9 Å². The molecule has 3 aromatic carbocycles. The van der Waals surface area contributed by atoms with Gasteiger partial charge in [0.15, 0.2) is 23.3 Å². The number of alkyl halides is 3. The van der Waals surface area contributed by atoms with Gasteiger partial charge in [0, 0.05) is 10.6 Å². The molecule has 14 heteroatoms. The van der Waals surface area contributed by atoms with Crippen LogP contribution in [0.3, 0.4) is 0 Å². The van der Waals surface area contributed by atoms with Crippen LogP contribution in [-0.2, 0) is 11.0 Å². The molecule has 1 unspecified atom stereocenters. The normalized spacial score (nSPS) is 12.1. The van der Waals surface area contributed by atoms with Crippen LogP contribution >= 0.6 is 11.8 Å². The van der Waals surface area contributed by atoms with E-state index in [4.69, 9.17) is 9.47 Å². The molecule has 0 aliphatic carbocycles. The molecule has 0 radical (unpaired) electrons. The minimum absolute atomic E-state index is 0.119. The minimum Gasteiger partial charge on any atom is -0.496 e. The third-order valence-electron chi connectivity index (χ3n) is 5.22. The second-order valence-corrected chi connectivity index (χ2v) is 9.19. The molecule has 2 N–H and O–H groups in total. The van der Waals surface area contributed by atoms with Gasteiger partial charge >= 0.3 is 6.18 Å². The van der Waals surface area contributed by atoms with E-state index in [9.17, 15) is 40.3 Å². The van der Waals surface area contributed by atoms with Crippen molar-refractivity contribution in [2.24, 2.45) is 0 Å². The maximum absolute atomic E-state index is 14.1. The number of carbonyl (C=O) groups excluding carboxylic acids is 2. The van der Waals surface area contributed by atoms with Gasteiger partial charge in [0.1, 0.15) is 28.3 Å². The van der Waals surface area contributed by atoms with Crippen molar-refractivity contribution in [3.63, 3.8) is 0 Å². The minimum atomic E-state index is -5.71. The van der Waals surface area contributed by atoms with Gasteiger partial charge in [-0.2, -0.15) is 13.2 Å². The summed E-state index contributed by atoms with van der Waals surface area (Å²) < 4.78 is 105. The summed E-state index contributed by atoms with van der Waals surface area (Å²) in [6.45, 7) is 1.28. The molecule has 6 nitrogen and oxygen atoms in total. The monoisotopic (exact) mass is 576 g/mol. The van der Waals surface area contributed by atoms with Gasteiger partial charge in [0.2, 0.25) is 5.91 Å². The number of ether oxygens (including phenoxy) is 2. The van der Waals surface area contributed by atoms with Gasteiger partial charge in [0.05, 0.1) is 19.5 Å². The predicted molar refractivity (Wildman–Crippen MR) is 129 cm³/mol. The molecule has 3 rings (SSSR count). The smallest absolute Gasteiger partial charge is 0.422 e. The molecule has 0 heterocycles. The van der Waals surface area contributed by atoms with E-state index in [0.29, 0.717) is 4.90 Å². The van der Waals surface area contributed by atoms with E-state index in [1.807, 2.05) is 0 Å². The van der Waals surface area contributed by atoms with E-state index < -0.39 is 57.8 Å². The lowest BCUT2D eigenvalue weighted by Crippen LogP contribution is -2.25. The molecule has 1 atom stereocenters. The van der Waals surface area contributed by atoms with Gasteiger partial charge in [0.25, 0.3) is 5.91 Å². The molecule has 0 saturated carbocycles. The van der Waals surface area contributed by atoms with Crippen LogP contribution in [0, 0.1) is 23.3 Å². The second-order valence-electron chi connectivity index (χ2n) is 7.77. The Kier molecular flexibility index (Phi) is 8.99. The van der Waals surface area contributed by atoms with Crippen molar-refractivity contribution in [1.82, 2.24) is 0 Å². The first-order valence-corrected chi connectivity index (χ1v) is 11.7. The third kappa shape index (κ3) is 6.38. The Morgan fingerprint density at radius 2 is 1.38 bits per heavy atom. The Balaban J connectivity index is 1.77. The molecule has 39 heavy (non-hydrogen) atoms. The summed E-state index contributed by atoms with van der Waals surface area (Å²) in [5.74, 6) is -11.4. The lowest BCUT2D eigenvalue weighted by Gasteiger charge is -2.17. The van der Waals surface area contributed by atoms with Gasteiger partial charge in [-0.05, 0) is 37.3 Å². The first kappa shape index (κ1) is 29.6. The summed E-state index contributed by atoms with van der Waals surface area (Å²) in [5, 5.41) is 3.09. The van der Waals surface area contributed by atoms with Crippen LogP contribution in [0.4, 0.5) is 42.1 Å². The molecule has 2 amide bonds. The van der Waals surface area contributed by atoms with Crippen molar-refractivity contribution in [3.05, 3.63) is 76.9 Å².